The molecule has 108 valence electrons. The van der Waals surface area contributed by atoms with E-state index in [1.807, 2.05) is 43.3 Å². The van der Waals surface area contributed by atoms with Crippen molar-refractivity contribution in [2.45, 2.75) is 13.3 Å². The van der Waals surface area contributed by atoms with Gasteiger partial charge in [0.05, 0.1) is 18.1 Å². The van der Waals surface area contributed by atoms with Gasteiger partial charge in [0, 0.05) is 16.0 Å². The molecule has 3 aromatic rings. The molecule has 0 aliphatic rings. The third kappa shape index (κ3) is 2.49. The summed E-state index contributed by atoms with van der Waals surface area (Å²) in [7, 11) is 0. The van der Waals surface area contributed by atoms with Crippen LogP contribution in [0.5, 0.6) is 0 Å². The van der Waals surface area contributed by atoms with E-state index in [9.17, 15) is 4.79 Å². The molecule has 0 unspecified atom stereocenters. The molecule has 22 heavy (non-hydrogen) atoms. The molecule has 0 bridgehead atoms. The topological polar surface area (TPSA) is 54.0 Å². The summed E-state index contributed by atoms with van der Waals surface area (Å²) in [5, 5.41) is 10.5. The first-order valence-electron chi connectivity index (χ1n) is 6.79. The molecule has 0 saturated heterocycles. The molecule has 2 aromatic carbocycles. The van der Waals surface area contributed by atoms with Crippen molar-refractivity contribution >= 4 is 22.6 Å². The summed E-state index contributed by atoms with van der Waals surface area (Å²) in [6.45, 7) is 1.94. The lowest BCUT2D eigenvalue weighted by Gasteiger charge is -2.10. The predicted molar refractivity (Wildman–Crippen MR) is 87.0 cm³/mol. The zero-order valence-corrected chi connectivity index (χ0v) is 12.6. The van der Waals surface area contributed by atoms with Gasteiger partial charge in [-0.2, -0.15) is 5.26 Å². The smallest absolute Gasteiger partial charge is 0.341 e. The van der Waals surface area contributed by atoms with Crippen molar-refractivity contribution in [2.24, 2.45) is 0 Å². The fourth-order valence-corrected chi connectivity index (χ4v) is 2.66. The van der Waals surface area contributed by atoms with Gasteiger partial charge in [-0.15, -0.1) is 0 Å². The number of halogens is 1. The van der Waals surface area contributed by atoms with E-state index in [1.54, 1.807) is 12.1 Å². The summed E-state index contributed by atoms with van der Waals surface area (Å²) in [6, 6.07) is 15.0. The highest BCUT2D eigenvalue weighted by molar-refractivity contribution is 6.30. The van der Waals surface area contributed by atoms with Gasteiger partial charge in [-0.3, -0.25) is 0 Å². The van der Waals surface area contributed by atoms with Crippen LogP contribution in [-0.4, -0.2) is 0 Å². The second-order valence-electron chi connectivity index (χ2n) is 5.08. The van der Waals surface area contributed by atoms with E-state index in [1.165, 1.54) is 0 Å². The van der Waals surface area contributed by atoms with E-state index in [4.69, 9.17) is 21.3 Å². The molecule has 0 N–H and O–H groups in total. The number of hydrogen-bond donors (Lipinski definition) is 0. The maximum absolute atomic E-state index is 12.3. The van der Waals surface area contributed by atoms with Crippen LogP contribution >= 0.6 is 11.6 Å². The number of hydrogen-bond acceptors (Lipinski definition) is 3. The van der Waals surface area contributed by atoms with Gasteiger partial charge >= 0.3 is 5.63 Å². The SMILES string of the molecule is Cc1ccc2c(-c3ccc(Cl)cc3)c(CC#N)c(=O)oc2c1. The normalized spacial score (nSPS) is 10.6. The Morgan fingerprint density at radius 1 is 1.18 bits per heavy atom. The van der Waals surface area contributed by atoms with Gasteiger partial charge in [-0.1, -0.05) is 35.9 Å². The molecule has 0 radical (unpaired) electrons. The molecule has 3 rings (SSSR count). The lowest BCUT2D eigenvalue weighted by molar-refractivity contribution is 0.553. The standard InChI is InChI=1S/C18H12ClNO2/c1-11-2-7-14-16(10-11)22-18(21)15(8-9-20)17(14)12-3-5-13(19)6-4-12/h2-7,10H,8H2,1H3. The Hall–Kier alpha value is -2.57. The quantitative estimate of drug-likeness (QED) is 0.655. The summed E-state index contributed by atoms with van der Waals surface area (Å²) in [5.74, 6) is 0. The summed E-state index contributed by atoms with van der Waals surface area (Å²) in [4.78, 5) is 12.3. The number of nitrogens with zero attached hydrogens (tertiary/aromatic N) is 1. The second-order valence-corrected chi connectivity index (χ2v) is 5.52. The van der Waals surface area contributed by atoms with Gasteiger partial charge in [0.2, 0.25) is 0 Å². The summed E-state index contributed by atoms with van der Waals surface area (Å²) in [6.07, 6.45) is 0.00408. The van der Waals surface area contributed by atoms with Crippen LogP contribution in [0.3, 0.4) is 0 Å². The van der Waals surface area contributed by atoms with Crippen LogP contribution in [0.1, 0.15) is 11.1 Å². The largest absolute Gasteiger partial charge is 0.422 e. The van der Waals surface area contributed by atoms with Crippen molar-refractivity contribution < 1.29 is 4.42 Å². The zero-order valence-electron chi connectivity index (χ0n) is 11.9. The van der Waals surface area contributed by atoms with Crippen molar-refractivity contribution in [3.8, 4) is 17.2 Å². The van der Waals surface area contributed by atoms with Gasteiger partial charge < -0.3 is 4.42 Å². The van der Waals surface area contributed by atoms with Gasteiger partial charge in [0.15, 0.2) is 0 Å². The fourth-order valence-electron chi connectivity index (χ4n) is 2.53. The highest BCUT2D eigenvalue weighted by Gasteiger charge is 2.16. The molecule has 4 heteroatoms. The summed E-state index contributed by atoms with van der Waals surface area (Å²) in [5.41, 5.74) is 3.02. The average Bonchev–Trinajstić information content (AvgIpc) is 2.49. The Labute approximate surface area is 132 Å². The molecule has 3 nitrogen and oxygen atoms in total. The Kier molecular flexibility index (Phi) is 3.70. The Morgan fingerprint density at radius 3 is 2.59 bits per heavy atom. The first kappa shape index (κ1) is 14.4. The maximum Gasteiger partial charge on any atom is 0.341 e. The lowest BCUT2D eigenvalue weighted by Crippen LogP contribution is -2.09. The molecule has 0 saturated carbocycles. The van der Waals surface area contributed by atoms with Gasteiger partial charge in [0.1, 0.15) is 5.58 Å². The number of nitriles is 1. The molecular formula is C18H12ClNO2. The first-order chi connectivity index (χ1) is 10.6. The minimum Gasteiger partial charge on any atom is -0.422 e. The Morgan fingerprint density at radius 2 is 1.91 bits per heavy atom. The minimum atomic E-state index is -0.468. The van der Waals surface area contributed by atoms with Gasteiger partial charge in [-0.05, 0) is 36.2 Å². The number of benzene rings is 2. The van der Waals surface area contributed by atoms with Crippen LogP contribution < -0.4 is 5.63 Å². The van der Waals surface area contributed by atoms with Crippen molar-refractivity contribution in [1.29, 1.82) is 5.26 Å². The zero-order chi connectivity index (χ0) is 15.7. The van der Waals surface area contributed by atoms with Crippen molar-refractivity contribution in [2.75, 3.05) is 0 Å². The number of aryl methyl sites for hydroxylation is 1. The highest BCUT2D eigenvalue weighted by atomic mass is 35.5. The van der Waals surface area contributed by atoms with Crippen molar-refractivity contribution in [3.05, 3.63) is 69.0 Å². The highest BCUT2D eigenvalue weighted by Crippen LogP contribution is 2.31. The number of rotatable bonds is 2. The summed E-state index contributed by atoms with van der Waals surface area (Å²) >= 11 is 5.94. The van der Waals surface area contributed by atoms with Gasteiger partial charge in [0.25, 0.3) is 0 Å². The van der Waals surface area contributed by atoms with Crippen molar-refractivity contribution in [3.63, 3.8) is 0 Å². The molecule has 0 spiro atoms. The van der Waals surface area contributed by atoms with Crippen LogP contribution in [0.4, 0.5) is 0 Å². The van der Waals surface area contributed by atoms with E-state index in [0.717, 1.165) is 22.1 Å². The molecule has 0 aliphatic carbocycles. The summed E-state index contributed by atoms with van der Waals surface area (Å²) < 4.78 is 5.38. The second kappa shape index (κ2) is 5.67. The molecular weight excluding hydrogens is 298 g/mol. The monoisotopic (exact) mass is 309 g/mol. The van der Waals surface area contributed by atoms with E-state index < -0.39 is 5.63 Å². The molecule has 1 aromatic heterocycles. The van der Waals surface area contributed by atoms with Gasteiger partial charge in [-0.25, -0.2) is 4.79 Å². The molecule has 0 fully saturated rings. The van der Waals surface area contributed by atoms with Crippen molar-refractivity contribution in [1.82, 2.24) is 0 Å². The lowest BCUT2D eigenvalue weighted by atomic mass is 9.95. The maximum atomic E-state index is 12.3. The molecule has 0 atom stereocenters. The first-order valence-corrected chi connectivity index (χ1v) is 7.17. The van der Waals surface area contributed by atoms with Crippen LogP contribution in [-0.2, 0) is 6.42 Å². The Bertz CT molecular complexity index is 950. The van der Waals surface area contributed by atoms with Crippen LogP contribution in [0.25, 0.3) is 22.1 Å². The minimum absolute atomic E-state index is 0.00408. The van der Waals surface area contributed by atoms with E-state index in [2.05, 4.69) is 0 Å². The van der Waals surface area contributed by atoms with Crippen LogP contribution in [0.2, 0.25) is 5.02 Å². The van der Waals surface area contributed by atoms with E-state index in [-0.39, 0.29) is 6.42 Å². The Balaban J connectivity index is 2.42. The fraction of sp³-hybridized carbons (Fsp3) is 0.111. The predicted octanol–water partition coefficient (Wildman–Crippen LogP) is 4.49. The molecule has 0 amide bonds. The van der Waals surface area contributed by atoms with Crippen LogP contribution in [0.15, 0.2) is 51.7 Å². The van der Waals surface area contributed by atoms with E-state index in [0.29, 0.717) is 16.2 Å². The average molecular weight is 310 g/mol. The number of fused-ring (bicyclic) bond motifs is 1. The third-order valence-electron chi connectivity index (χ3n) is 3.55. The molecule has 1 heterocycles. The van der Waals surface area contributed by atoms with Crippen LogP contribution in [0, 0.1) is 18.3 Å². The third-order valence-corrected chi connectivity index (χ3v) is 3.80. The van der Waals surface area contributed by atoms with E-state index >= 15 is 0 Å². The molecule has 0 aliphatic heterocycles.